The largest absolute Gasteiger partial charge is 0.460 e. The second-order valence-corrected chi connectivity index (χ2v) is 11.7. The van der Waals surface area contributed by atoms with E-state index in [-0.39, 0.29) is 36.3 Å². The van der Waals surface area contributed by atoms with E-state index in [2.05, 4.69) is 44.8 Å². The number of allylic oxidation sites excluding steroid dienone is 4. The number of hydrogen-bond donors (Lipinski definition) is 1. The molecule has 0 bridgehead atoms. The fraction of sp³-hybridized carbons (Fsp3) is 0.679. The molecule has 1 aliphatic heterocycles. The summed E-state index contributed by atoms with van der Waals surface area (Å²) in [7, 11) is 0. The predicted molar refractivity (Wildman–Crippen MR) is 136 cm³/mol. The van der Waals surface area contributed by atoms with Crippen LogP contribution in [0.15, 0.2) is 40.4 Å². The van der Waals surface area contributed by atoms with Gasteiger partial charge in [0, 0.05) is 6.20 Å². The highest BCUT2D eigenvalue weighted by Gasteiger charge is 2.57. The zero-order chi connectivity index (χ0) is 25.7. The maximum Gasteiger partial charge on any atom is 0.351 e. The highest BCUT2D eigenvalue weighted by Crippen LogP contribution is 2.62. The molecule has 5 rings (SSSR count). The SMILES string of the molecule is CC(C)C1=CC2=CC[C@H]3[C@](C)(CCC[C@@]3(C)C(=O)OCC3OC[C@@H](n4ccc(N)nc4=O)O3)[C@H]2CC1. The van der Waals surface area contributed by atoms with Crippen LogP contribution < -0.4 is 11.4 Å². The number of nitrogens with two attached hydrogens (primary N) is 1. The Labute approximate surface area is 212 Å². The molecule has 1 aromatic rings. The summed E-state index contributed by atoms with van der Waals surface area (Å²) in [6.45, 7) is 9.22. The normalized spacial score (nSPS) is 36.0. The summed E-state index contributed by atoms with van der Waals surface area (Å²) in [5.41, 5.74) is 7.63. The number of hydrogen-bond acceptors (Lipinski definition) is 7. The molecule has 1 saturated carbocycles. The van der Waals surface area contributed by atoms with Crippen LogP contribution >= 0.6 is 0 Å². The van der Waals surface area contributed by atoms with E-state index in [0.29, 0.717) is 11.8 Å². The molecular weight excluding hydrogens is 458 g/mol. The van der Waals surface area contributed by atoms with Gasteiger partial charge in [-0.2, -0.15) is 4.98 Å². The predicted octanol–water partition coefficient (Wildman–Crippen LogP) is 4.38. The zero-order valence-corrected chi connectivity index (χ0v) is 21.9. The molecule has 1 saturated heterocycles. The molecule has 1 unspecified atom stereocenters. The molecule has 36 heavy (non-hydrogen) atoms. The van der Waals surface area contributed by atoms with E-state index in [0.717, 1.165) is 32.1 Å². The molecular formula is C28H39N3O5. The fourth-order valence-electron chi connectivity index (χ4n) is 7.22. The third kappa shape index (κ3) is 4.32. The van der Waals surface area contributed by atoms with E-state index in [1.54, 1.807) is 5.57 Å². The highest BCUT2D eigenvalue weighted by atomic mass is 16.7. The van der Waals surface area contributed by atoms with Gasteiger partial charge in [0.25, 0.3) is 0 Å². The van der Waals surface area contributed by atoms with Gasteiger partial charge in [0.1, 0.15) is 12.4 Å². The third-order valence-corrected chi connectivity index (χ3v) is 9.29. The van der Waals surface area contributed by atoms with Gasteiger partial charge in [-0.3, -0.25) is 9.36 Å². The number of rotatable bonds is 5. The van der Waals surface area contributed by atoms with Crippen LogP contribution in [0.3, 0.4) is 0 Å². The van der Waals surface area contributed by atoms with Crippen LogP contribution in [0.4, 0.5) is 5.82 Å². The first-order valence-electron chi connectivity index (χ1n) is 13.3. The maximum absolute atomic E-state index is 13.6. The van der Waals surface area contributed by atoms with Crippen molar-refractivity contribution in [2.24, 2.45) is 28.6 Å². The minimum atomic E-state index is -0.724. The number of carbonyl (C=O) groups excluding carboxylic acids is 1. The number of fused-ring (bicyclic) bond motifs is 3. The van der Waals surface area contributed by atoms with Crippen molar-refractivity contribution in [2.45, 2.75) is 78.7 Å². The second-order valence-electron chi connectivity index (χ2n) is 11.7. The molecule has 196 valence electrons. The number of anilines is 1. The van der Waals surface area contributed by atoms with Crippen molar-refractivity contribution in [1.29, 1.82) is 0 Å². The van der Waals surface area contributed by atoms with Crippen molar-refractivity contribution in [3.8, 4) is 0 Å². The summed E-state index contributed by atoms with van der Waals surface area (Å²) in [5, 5.41) is 0. The molecule has 6 atom stereocenters. The Kier molecular flexibility index (Phi) is 6.62. The maximum atomic E-state index is 13.6. The van der Waals surface area contributed by atoms with Crippen molar-refractivity contribution in [3.63, 3.8) is 0 Å². The molecule has 2 N–H and O–H groups in total. The monoisotopic (exact) mass is 497 g/mol. The molecule has 0 amide bonds. The number of ether oxygens (including phenoxy) is 3. The summed E-state index contributed by atoms with van der Waals surface area (Å²) in [6, 6.07) is 1.54. The fourth-order valence-corrected chi connectivity index (χ4v) is 7.22. The third-order valence-electron chi connectivity index (χ3n) is 9.29. The van der Waals surface area contributed by atoms with Crippen LogP contribution in [0, 0.1) is 28.6 Å². The number of carbonyl (C=O) groups is 1. The Morgan fingerprint density at radius 1 is 1.33 bits per heavy atom. The van der Waals surface area contributed by atoms with E-state index >= 15 is 0 Å². The van der Waals surface area contributed by atoms with Gasteiger partial charge in [-0.05, 0) is 73.8 Å². The molecule has 8 nitrogen and oxygen atoms in total. The van der Waals surface area contributed by atoms with Crippen molar-refractivity contribution in [1.82, 2.24) is 9.55 Å². The van der Waals surface area contributed by atoms with Crippen LogP contribution in [0.25, 0.3) is 0 Å². The van der Waals surface area contributed by atoms with Crippen LogP contribution in [0.2, 0.25) is 0 Å². The summed E-state index contributed by atoms with van der Waals surface area (Å²) < 4.78 is 18.7. The molecule has 2 heterocycles. The number of aromatic nitrogens is 2. The smallest absolute Gasteiger partial charge is 0.351 e. The van der Waals surface area contributed by atoms with E-state index in [1.807, 2.05) is 0 Å². The van der Waals surface area contributed by atoms with Crippen LogP contribution in [0.1, 0.15) is 72.4 Å². The molecule has 0 spiro atoms. The van der Waals surface area contributed by atoms with Crippen molar-refractivity contribution >= 4 is 11.8 Å². The molecule has 4 aliphatic rings. The van der Waals surface area contributed by atoms with Crippen LogP contribution in [-0.4, -0.2) is 35.0 Å². The van der Waals surface area contributed by atoms with Crippen molar-refractivity contribution < 1.29 is 19.0 Å². The number of nitrogens with zero attached hydrogens (tertiary/aromatic N) is 2. The van der Waals surface area contributed by atoms with Gasteiger partial charge in [-0.25, -0.2) is 4.79 Å². The Morgan fingerprint density at radius 2 is 2.14 bits per heavy atom. The quantitative estimate of drug-likeness (QED) is 0.602. The van der Waals surface area contributed by atoms with E-state index in [4.69, 9.17) is 19.9 Å². The Balaban J connectivity index is 1.26. The molecule has 1 aromatic heterocycles. The Bertz CT molecular complexity index is 1140. The van der Waals surface area contributed by atoms with Crippen LogP contribution in [0.5, 0.6) is 0 Å². The standard InChI is InChI=1S/C28H39N3O5/c1-17(2)18-6-8-20-19(14-18)7-9-21-27(20,3)11-5-12-28(21,4)25(32)35-16-24-34-15-23(36-24)31-13-10-22(29)30-26(31)33/h7,10,13-14,17,20-21,23-24H,5-6,8-9,11-12,15-16H2,1-4H3,(H2,29,30,33)/t20-,21-,23-,24?,27+,28+/m0/s1. The lowest BCUT2D eigenvalue weighted by atomic mass is 9.47. The first kappa shape index (κ1) is 25.2. The minimum absolute atomic E-state index is 0.00346. The molecule has 8 heteroatoms. The lowest BCUT2D eigenvalue weighted by Crippen LogP contribution is -2.53. The average molecular weight is 498 g/mol. The molecule has 3 aliphatic carbocycles. The Hall–Kier alpha value is -2.45. The molecule has 0 aromatic carbocycles. The highest BCUT2D eigenvalue weighted by molar-refractivity contribution is 5.77. The van der Waals surface area contributed by atoms with Gasteiger partial charge in [-0.1, -0.05) is 44.9 Å². The topological polar surface area (TPSA) is 106 Å². The van der Waals surface area contributed by atoms with Gasteiger partial charge in [-0.15, -0.1) is 0 Å². The first-order valence-corrected chi connectivity index (χ1v) is 13.3. The van der Waals surface area contributed by atoms with Gasteiger partial charge in [0.15, 0.2) is 12.5 Å². The van der Waals surface area contributed by atoms with Gasteiger partial charge in [0.05, 0.1) is 12.0 Å². The zero-order valence-electron chi connectivity index (χ0n) is 21.9. The lowest BCUT2D eigenvalue weighted by Gasteiger charge is -2.57. The van der Waals surface area contributed by atoms with Crippen molar-refractivity contribution in [2.75, 3.05) is 18.9 Å². The summed E-state index contributed by atoms with van der Waals surface area (Å²) >= 11 is 0. The first-order chi connectivity index (χ1) is 17.1. The van der Waals surface area contributed by atoms with Gasteiger partial charge >= 0.3 is 11.7 Å². The lowest BCUT2D eigenvalue weighted by molar-refractivity contribution is -0.181. The average Bonchev–Trinajstić information content (AvgIpc) is 3.30. The summed E-state index contributed by atoms with van der Waals surface area (Å²) in [4.78, 5) is 29.4. The van der Waals surface area contributed by atoms with E-state index in [1.165, 1.54) is 28.8 Å². The van der Waals surface area contributed by atoms with Crippen molar-refractivity contribution in [3.05, 3.63) is 46.0 Å². The summed E-state index contributed by atoms with van der Waals surface area (Å²) in [6.07, 6.45) is 11.2. The van der Waals surface area contributed by atoms with E-state index in [9.17, 15) is 9.59 Å². The minimum Gasteiger partial charge on any atom is -0.460 e. The molecule has 0 radical (unpaired) electrons. The van der Waals surface area contributed by atoms with Gasteiger partial charge < -0.3 is 19.9 Å². The second kappa shape index (κ2) is 9.45. The Morgan fingerprint density at radius 3 is 2.89 bits per heavy atom. The molecule has 2 fully saturated rings. The number of nitrogen functional groups attached to an aromatic ring is 1. The number of esters is 1. The van der Waals surface area contributed by atoms with E-state index < -0.39 is 23.6 Å². The summed E-state index contributed by atoms with van der Waals surface area (Å²) in [5.74, 6) is 1.31. The van der Waals surface area contributed by atoms with Crippen LogP contribution in [-0.2, 0) is 19.0 Å². The van der Waals surface area contributed by atoms with Gasteiger partial charge in [0.2, 0.25) is 0 Å².